The summed E-state index contributed by atoms with van der Waals surface area (Å²) in [5.41, 5.74) is 1.44. The molecule has 2 N–H and O–H groups in total. The molecule has 0 aromatic heterocycles. The van der Waals surface area contributed by atoms with Gasteiger partial charge in [-0.1, -0.05) is 51.8 Å². The minimum absolute atomic E-state index is 0.100. The van der Waals surface area contributed by atoms with Crippen LogP contribution in [-0.2, 0) is 4.79 Å². The summed E-state index contributed by atoms with van der Waals surface area (Å²) in [5.74, 6) is 0.619. The van der Waals surface area contributed by atoms with Crippen molar-refractivity contribution in [2.75, 3.05) is 0 Å². The van der Waals surface area contributed by atoms with Gasteiger partial charge in [0.05, 0.1) is 6.10 Å². The van der Waals surface area contributed by atoms with Gasteiger partial charge in [-0.05, 0) is 62.7 Å². The van der Waals surface area contributed by atoms with Crippen molar-refractivity contribution in [1.82, 2.24) is 0 Å². The first kappa shape index (κ1) is 23.9. The van der Waals surface area contributed by atoms with Gasteiger partial charge in [-0.15, -0.1) is 6.58 Å². The van der Waals surface area contributed by atoms with E-state index in [0.717, 1.165) is 19.3 Å². The fourth-order valence-electron chi connectivity index (χ4n) is 3.63. The molecule has 3 unspecified atom stereocenters. The van der Waals surface area contributed by atoms with Crippen molar-refractivity contribution in [2.24, 2.45) is 17.3 Å². The monoisotopic (exact) mass is 352 g/mol. The van der Waals surface area contributed by atoms with E-state index in [1.54, 1.807) is 6.08 Å². The van der Waals surface area contributed by atoms with Crippen molar-refractivity contribution in [3.8, 4) is 0 Å². The van der Waals surface area contributed by atoms with E-state index < -0.39 is 12.1 Å². The molecule has 0 aliphatic carbocycles. The molecule has 0 spiro atoms. The standard InChI is InChI=1S/C22H40O3/c1-7-20(23)12-11-17(2)9-8-10-18(3)15-19(4)16-22(5,6)14-13-21(24)25/h7,11,18-20,23H,1,8-10,12-16H2,2-6H3,(H,24,25). The summed E-state index contributed by atoms with van der Waals surface area (Å²) in [6.07, 6.45) is 10.7. The SMILES string of the molecule is C=CC(O)CC=C(C)CCCC(C)CC(C)CC(C)(C)CCC(=O)O. The second-order valence-corrected chi connectivity index (χ2v) is 8.69. The molecule has 3 nitrogen and oxygen atoms in total. The Bertz CT molecular complexity index is 423. The summed E-state index contributed by atoms with van der Waals surface area (Å²) in [5, 5.41) is 18.3. The van der Waals surface area contributed by atoms with E-state index in [9.17, 15) is 9.90 Å². The lowest BCUT2D eigenvalue weighted by molar-refractivity contribution is -0.137. The predicted molar refractivity (Wildman–Crippen MR) is 107 cm³/mol. The normalized spacial score (nSPS) is 16.3. The number of allylic oxidation sites excluding steroid dienone is 1. The molecule has 0 amide bonds. The van der Waals surface area contributed by atoms with Crippen molar-refractivity contribution >= 4 is 5.97 Å². The van der Waals surface area contributed by atoms with Crippen LogP contribution in [0.1, 0.15) is 86.0 Å². The van der Waals surface area contributed by atoms with Crippen LogP contribution in [0.2, 0.25) is 0 Å². The van der Waals surface area contributed by atoms with Gasteiger partial charge in [0.1, 0.15) is 0 Å². The Balaban J connectivity index is 4.06. The highest BCUT2D eigenvalue weighted by Crippen LogP contribution is 2.33. The highest BCUT2D eigenvalue weighted by atomic mass is 16.4. The van der Waals surface area contributed by atoms with E-state index in [-0.39, 0.29) is 11.8 Å². The molecule has 0 rings (SSSR count). The Labute approximate surface area is 155 Å². The summed E-state index contributed by atoms with van der Waals surface area (Å²) in [6.45, 7) is 14.7. The van der Waals surface area contributed by atoms with Crippen LogP contribution in [0.15, 0.2) is 24.3 Å². The van der Waals surface area contributed by atoms with Crippen LogP contribution in [-0.4, -0.2) is 22.3 Å². The van der Waals surface area contributed by atoms with Crippen molar-refractivity contribution in [2.45, 2.75) is 92.1 Å². The van der Waals surface area contributed by atoms with Gasteiger partial charge in [-0.25, -0.2) is 0 Å². The molecule has 25 heavy (non-hydrogen) atoms. The third kappa shape index (κ3) is 13.8. The van der Waals surface area contributed by atoms with Gasteiger partial charge in [0.2, 0.25) is 0 Å². The third-order valence-corrected chi connectivity index (χ3v) is 4.97. The largest absolute Gasteiger partial charge is 0.481 e. The lowest BCUT2D eigenvalue weighted by atomic mass is 9.77. The number of aliphatic carboxylic acids is 1. The van der Waals surface area contributed by atoms with Crippen LogP contribution in [0.5, 0.6) is 0 Å². The maximum Gasteiger partial charge on any atom is 0.303 e. The first-order valence-corrected chi connectivity index (χ1v) is 9.73. The zero-order valence-electron chi connectivity index (χ0n) is 17.1. The van der Waals surface area contributed by atoms with E-state index in [1.165, 1.54) is 24.8 Å². The Kier molecular flexibility index (Phi) is 11.8. The zero-order valence-corrected chi connectivity index (χ0v) is 17.1. The van der Waals surface area contributed by atoms with Gasteiger partial charge in [0.15, 0.2) is 0 Å². The average Bonchev–Trinajstić information content (AvgIpc) is 2.49. The van der Waals surface area contributed by atoms with Crippen molar-refractivity contribution in [3.63, 3.8) is 0 Å². The maximum absolute atomic E-state index is 10.8. The minimum Gasteiger partial charge on any atom is -0.481 e. The van der Waals surface area contributed by atoms with Gasteiger partial charge in [0.25, 0.3) is 0 Å². The number of carboxylic acid groups (broad SMARTS) is 1. The van der Waals surface area contributed by atoms with Crippen LogP contribution >= 0.6 is 0 Å². The van der Waals surface area contributed by atoms with Crippen LogP contribution in [0.4, 0.5) is 0 Å². The molecule has 0 aromatic rings. The van der Waals surface area contributed by atoms with Gasteiger partial charge in [-0.2, -0.15) is 0 Å². The molecule has 0 aliphatic rings. The molecular formula is C22H40O3. The summed E-state index contributed by atoms with van der Waals surface area (Å²) in [7, 11) is 0. The van der Waals surface area contributed by atoms with Crippen LogP contribution in [0.3, 0.4) is 0 Å². The van der Waals surface area contributed by atoms with E-state index >= 15 is 0 Å². The summed E-state index contributed by atoms with van der Waals surface area (Å²) in [6, 6.07) is 0. The molecule has 0 aliphatic heterocycles. The number of carboxylic acids is 1. The van der Waals surface area contributed by atoms with Crippen LogP contribution < -0.4 is 0 Å². The molecule has 0 radical (unpaired) electrons. The quantitative estimate of drug-likeness (QED) is 0.378. The van der Waals surface area contributed by atoms with E-state index in [2.05, 4.69) is 47.3 Å². The Morgan fingerprint density at radius 2 is 1.84 bits per heavy atom. The second-order valence-electron chi connectivity index (χ2n) is 8.69. The van der Waals surface area contributed by atoms with E-state index in [4.69, 9.17) is 5.11 Å². The Morgan fingerprint density at radius 3 is 2.40 bits per heavy atom. The first-order valence-electron chi connectivity index (χ1n) is 9.73. The van der Waals surface area contributed by atoms with E-state index in [0.29, 0.717) is 18.3 Å². The average molecular weight is 353 g/mol. The molecular weight excluding hydrogens is 312 g/mol. The number of aliphatic hydroxyl groups is 1. The zero-order chi connectivity index (χ0) is 19.5. The Hall–Kier alpha value is -1.09. The predicted octanol–water partition coefficient (Wildman–Crippen LogP) is 5.98. The van der Waals surface area contributed by atoms with Gasteiger partial charge in [0, 0.05) is 6.42 Å². The Morgan fingerprint density at radius 1 is 1.20 bits per heavy atom. The fraction of sp³-hybridized carbons (Fsp3) is 0.773. The second kappa shape index (κ2) is 12.3. The number of hydrogen-bond acceptors (Lipinski definition) is 2. The van der Waals surface area contributed by atoms with Crippen LogP contribution in [0.25, 0.3) is 0 Å². The van der Waals surface area contributed by atoms with Crippen molar-refractivity contribution in [3.05, 3.63) is 24.3 Å². The number of aliphatic hydroxyl groups excluding tert-OH is 1. The fourth-order valence-corrected chi connectivity index (χ4v) is 3.63. The van der Waals surface area contributed by atoms with Gasteiger partial charge >= 0.3 is 5.97 Å². The van der Waals surface area contributed by atoms with Gasteiger partial charge in [-0.3, -0.25) is 4.79 Å². The lowest BCUT2D eigenvalue weighted by Gasteiger charge is -2.29. The van der Waals surface area contributed by atoms with Crippen molar-refractivity contribution < 1.29 is 15.0 Å². The molecule has 3 atom stereocenters. The lowest BCUT2D eigenvalue weighted by Crippen LogP contribution is -2.18. The van der Waals surface area contributed by atoms with E-state index in [1.807, 2.05) is 0 Å². The molecule has 0 heterocycles. The maximum atomic E-state index is 10.8. The van der Waals surface area contributed by atoms with Crippen molar-refractivity contribution in [1.29, 1.82) is 0 Å². The summed E-state index contributed by atoms with van der Waals surface area (Å²) < 4.78 is 0. The first-order chi connectivity index (χ1) is 11.6. The number of hydrogen-bond donors (Lipinski definition) is 2. The van der Waals surface area contributed by atoms with Crippen LogP contribution in [0, 0.1) is 17.3 Å². The number of carbonyl (C=O) groups is 1. The summed E-state index contributed by atoms with van der Waals surface area (Å²) >= 11 is 0. The topological polar surface area (TPSA) is 57.5 Å². The highest BCUT2D eigenvalue weighted by molar-refractivity contribution is 5.66. The molecule has 0 saturated heterocycles. The molecule has 3 heteroatoms. The van der Waals surface area contributed by atoms with Gasteiger partial charge < -0.3 is 10.2 Å². The summed E-state index contributed by atoms with van der Waals surface area (Å²) in [4.78, 5) is 10.8. The smallest absolute Gasteiger partial charge is 0.303 e. The molecule has 0 fully saturated rings. The highest BCUT2D eigenvalue weighted by Gasteiger charge is 2.23. The molecule has 0 bridgehead atoms. The molecule has 146 valence electrons. The third-order valence-electron chi connectivity index (χ3n) is 4.97. The minimum atomic E-state index is -0.696. The molecule has 0 saturated carbocycles. The number of rotatable bonds is 14. The molecule has 0 aromatic carbocycles.